The van der Waals surface area contributed by atoms with Crippen molar-refractivity contribution in [1.82, 2.24) is 0 Å². The normalized spacial score (nSPS) is 13.4. The van der Waals surface area contributed by atoms with Gasteiger partial charge in [0.05, 0.1) is 10.9 Å². The minimum atomic E-state index is -4.29. The Balaban J connectivity index is 2.10. The van der Waals surface area contributed by atoms with Gasteiger partial charge in [-0.2, -0.15) is 13.2 Å². The van der Waals surface area contributed by atoms with E-state index in [9.17, 15) is 13.2 Å². The third-order valence-electron chi connectivity index (χ3n) is 3.14. The first-order valence-electron chi connectivity index (χ1n) is 6.28. The molecule has 0 saturated heterocycles. The molecule has 0 bridgehead atoms. The average Bonchev–Trinajstić information content (AvgIpc) is 2.86. The second-order valence-electron chi connectivity index (χ2n) is 4.53. The number of aryl methyl sites for hydroxylation is 1. The minimum Gasteiger partial charge on any atom is -0.166 e. The van der Waals surface area contributed by atoms with E-state index in [0.29, 0.717) is 6.42 Å². The van der Waals surface area contributed by atoms with Gasteiger partial charge >= 0.3 is 6.18 Å². The molecule has 0 aliphatic rings. The molecule has 0 amide bonds. The molecule has 0 aliphatic carbocycles. The van der Waals surface area contributed by atoms with Crippen molar-refractivity contribution in [2.75, 3.05) is 0 Å². The second-order valence-corrected chi connectivity index (χ2v) is 6.00. The van der Waals surface area contributed by atoms with Gasteiger partial charge in [-0.1, -0.05) is 19.1 Å². The molecule has 1 atom stereocenters. The highest BCUT2D eigenvalue weighted by atomic mass is 35.5. The maximum atomic E-state index is 12.5. The summed E-state index contributed by atoms with van der Waals surface area (Å²) in [4.78, 5) is 1.11. The van der Waals surface area contributed by atoms with Crippen LogP contribution in [0.3, 0.4) is 0 Å². The first-order chi connectivity index (χ1) is 9.41. The van der Waals surface area contributed by atoms with E-state index in [0.717, 1.165) is 29.0 Å². The fourth-order valence-electron chi connectivity index (χ4n) is 2.04. The van der Waals surface area contributed by atoms with Crippen LogP contribution < -0.4 is 0 Å². The molecular weight excluding hydrogens is 305 g/mol. The third-order valence-corrected chi connectivity index (χ3v) is 4.72. The predicted molar refractivity (Wildman–Crippen MR) is 77.4 cm³/mol. The molecule has 108 valence electrons. The van der Waals surface area contributed by atoms with Gasteiger partial charge < -0.3 is 0 Å². The fraction of sp³-hybridized carbons (Fsp3) is 0.333. The minimum absolute atomic E-state index is 0.193. The Bertz CT molecular complexity index is 557. The van der Waals surface area contributed by atoms with Crippen LogP contribution in [0.25, 0.3) is 0 Å². The number of hydrogen-bond donors (Lipinski definition) is 0. The highest BCUT2D eigenvalue weighted by Crippen LogP contribution is 2.34. The second kappa shape index (κ2) is 6.19. The van der Waals surface area contributed by atoms with Gasteiger partial charge in [0.15, 0.2) is 0 Å². The number of rotatable bonds is 4. The van der Waals surface area contributed by atoms with Gasteiger partial charge in [0, 0.05) is 4.88 Å². The number of benzene rings is 1. The lowest BCUT2D eigenvalue weighted by Gasteiger charge is -2.11. The lowest BCUT2D eigenvalue weighted by atomic mass is 10.0. The number of alkyl halides is 4. The van der Waals surface area contributed by atoms with Gasteiger partial charge in [-0.25, -0.2) is 0 Å². The van der Waals surface area contributed by atoms with Crippen LogP contribution in [0.1, 0.15) is 33.9 Å². The lowest BCUT2D eigenvalue weighted by Crippen LogP contribution is -2.05. The Kier molecular flexibility index (Phi) is 4.76. The Hall–Kier alpha value is -1.00. The van der Waals surface area contributed by atoms with Gasteiger partial charge in [-0.3, -0.25) is 0 Å². The number of hydrogen-bond acceptors (Lipinski definition) is 1. The highest BCUT2D eigenvalue weighted by Gasteiger charge is 2.30. The van der Waals surface area contributed by atoms with Crippen molar-refractivity contribution in [2.45, 2.75) is 31.3 Å². The molecule has 0 fully saturated rings. The van der Waals surface area contributed by atoms with Crippen LogP contribution in [-0.2, 0) is 19.0 Å². The molecule has 1 heterocycles. The predicted octanol–water partition coefficient (Wildman–Crippen LogP) is 5.85. The summed E-state index contributed by atoms with van der Waals surface area (Å²) >= 11 is 7.98. The highest BCUT2D eigenvalue weighted by molar-refractivity contribution is 7.10. The third kappa shape index (κ3) is 3.55. The van der Waals surface area contributed by atoms with Crippen molar-refractivity contribution >= 4 is 22.9 Å². The summed E-state index contributed by atoms with van der Waals surface area (Å²) in [5.74, 6) is 0. The van der Waals surface area contributed by atoms with Crippen molar-refractivity contribution in [2.24, 2.45) is 0 Å². The molecule has 0 radical (unpaired) electrons. The fourth-order valence-corrected chi connectivity index (χ4v) is 3.49. The lowest BCUT2D eigenvalue weighted by molar-refractivity contribution is -0.137. The molecule has 5 heteroatoms. The standard InChI is InChI=1S/C15H14ClF3S/c1-2-11-7-8-20-14(11)13(16)9-10-3-5-12(6-4-10)15(17,18)19/h3-8,13H,2,9H2,1H3. The van der Waals surface area contributed by atoms with E-state index in [4.69, 9.17) is 11.6 Å². The maximum absolute atomic E-state index is 12.5. The summed E-state index contributed by atoms with van der Waals surface area (Å²) < 4.78 is 37.4. The molecule has 2 rings (SSSR count). The molecule has 0 nitrogen and oxygen atoms in total. The zero-order valence-electron chi connectivity index (χ0n) is 10.9. The quantitative estimate of drug-likeness (QED) is 0.620. The summed E-state index contributed by atoms with van der Waals surface area (Å²) in [5.41, 5.74) is 1.40. The molecule has 0 saturated carbocycles. The Morgan fingerprint density at radius 3 is 2.35 bits per heavy atom. The van der Waals surface area contributed by atoms with E-state index < -0.39 is 11.7 Å². The SMILES string of the molecule is CCc1ccsc1C(Cl)Cc1ccc(C(F)(F)F)cc1. The van der Waals surface area contributed by atoms with Crippen molar-refractivity contribution in [3.05, 3.63) is 57.3 Å². The van der Waals surface area contributed by atoms with Crippen LogP contribution in [0.15, 0.2) is 35.7 Å². The summed E-state index contributed by atoms with van der Waals surface area (Å²) in [7, 11) is 0. The van der Waals surface area contributed by atoms with Gasteiger partial charge in [0.25, 0.3) is 0 Å². The summed E-state index contributed by atoms with van der Waals surface area (Å²) in [6.45, 7) is 2.06. The maximum Gasteiger partial charge on any atom is 0.416 e. The van der Waals surface area contributed by atoms with E-state index in [1.165, 1.54) is 17.7 Å². The average molecular weight is 319 g/mol. The molecule has 1 unspecified atom stereocenters. The van der Waals surface area contributed by atoms with E-state index in [2.05, 4.69) is 6.92 Å². The molecule has 1 aromatic carbocycles. The Labute approximate surface area is 125 Å². The van der Waals surface area contributed by atoms with Crippen molar-refractivity contribution in [1.29, 1.82) is 0 Å². The van der Waals surface area contributed by atoms with Crippen LogP contribution in [-0.4, -0.2) is 0 Å². The molecule has 2 aromatic rings. The van der Waals surface area contributed by atoms with Crippen LogP contribution in [0.4, 0.5) is 13.2 Å². The van der Waals surface area contributed by atoms with E-state index in [-0.39, 0.29) is 5.38 Å². The molecule has 20 heavy (non-hydrogen) atoms. The summed E-state index contributed by atoms with van der Waals surface area (Å²) in [6, 6.07) is 7.25. The van der Waals surface area contributed by atoms with Crippen LogP contribution in [0, 0.1) is 0 Å². The molecule has 1 aromatic heterocycles. The van der Waals surface area contributed by atoms with E-state index >= 15 is 0 Å². The monoisotopic (exact) mass is 318 g/mol. The van der Waals surface area contributed by atoms with Crippen molar-refractivity contribution in [3.8, 4) is 0 Å². The van der Waals surface area contributed by atoms with Crippen LogP contribution >= 0.6 is 22.9 Å². The van der Waals surface area contributed by atoms with Gasteiger partial charge in [0.2, 0.25) is 0 Å². The van der Waals surface area contributed by atoms with Crippen molar-refractivity contribution in [3.63, 3.8) is 0 Å². The zero-order chi connectivity index (χ0) is 14.8. The first-order valence-corrected chi connectivity index (χ1v) is 7.60. The van der Waals surface area contributed by atoms with Crippen LogP contribution in [0.2, 0.25) is 0 Å². The Morgan fingerprint density at radius 2 is 1.80 bits per heavy atom. The van der Waals surface area contributed by atoms with E-state index in [1.54, 1.807) is 11.3 Å². The molecule has 0 N–H and O–H groups in total. The summed E-state index contributed by atoms with van der Waals surface area (Å²) in [5, 5.41) is 1.80. The summed E-state index contributed by atoms with van der Waals surface area (Å²) in [6.07, 6.45) is -2.84. The number of halogens is 4. The van der Waals surface area contributed by atoms with Crippen LogP contribution in [0.5, 0.6) is 0 Å². The largest absolute Gasteiger partial charge is 0.416 e. The van der Waals surface area contributed by atoms with Gasteiger partial charge in [0.1, 0.15) is 0 Å². The van der Waals surface area contributed by atoms with Crippen molar-refractivity contribution < 1.29 is 13.2 Å². The van der Waals surface area contributed by atoms with Gasteiger partial charge in [-0.05, 0) is 47.5 Å². The Morgan fingerprint density at radius 1 is 1.15 bits per heavy atom. The van der Waals surface area contributed by atoms with E-state index in [1.807, 2.05) is 11.4 Å². The zero-order valence-corrected chi connectivity index (χ0v) is 12.4. The smallest absolute Gasteiger partial charge is 0.166 e. The first kappa shape index (κ1) is 15.4. The number of thiophene rings is 1. The molecular formula is C15H14ClF3S. The molecule has 0 spiro atoms. The van der Waals surface area contributed by atoms with Gasteiger partial charge in [-0.15, -0.1) is 22.9 Å². The topological polar surface area (TPSA) is 0 Å². The molecule has 0 aliphatic heterocycles.